The van der Waals surface area contributed by atoms with E-state index >= 15 is 0 Å². The van der Waals surface area contributed by atoms with Gasteiger partial charge in [-0.2, -0.15) is 0 Å². The third kappa shape index (κ3) is 5.70. The van der Waals surface area contributed by atoms with Crippen LogP contribution in [0.15, 0.2) is 12.7 Å². The Labute approximate surface area is 44.7 Å². The molecule has 0 fully saturated rings. The van der Waals surface area contributed by atoms with E-state index in [1.54, 1.807) is 6.42 Å². The highest BCUT2D eigenvalue weighted by Crippen LogP contribution is 1.91. The smallest absolute Gasteiger partial charge is 0.0854 e. The van der Waals surface area contributed by atoms with E-state index in [9.17, 15) is 5.11 Å². The minimum absolute atomic E-state index is 0.0617. The van der Waals surface area contributed by atoms with E-state index in [1.807, 2.05) is 6.08 Å². The van der Waals surface area contributed by atoms with Crippen LogP contribution in [0.4, 0.5) is 0 Å². The Bertz CT molecular complexity index is 41.4. The summed E-state index contributed by atoms with van der Waals surface area (Å²) < 4.78 is 0. The minimum Gasteiger partial charge on any atom is -0.236 e. The average Bonchev–Trinajstić information content (AvgIpc) is 1.69. The van der Waals surface area contributed by atoms with Gasteiger partial charge in [-0.15, -0.1) is 6.58 Å². The van der Waals surface area contributed by atoms with Crippen LogP contribution in [-0.4, -0.2) is 6.61 Å². The summed E-state index contributed by atoms with van der Waals surface area (Å²) in [4.78, 5) is 0. The van der Waals surface area contributed by atoms with Crippen molar-refractivity contribution in [3.8, 4) is 0 Å². The summed E-state index contributed by atoms with van der Waals surface area (Å²) in [5.74, 6) is 0. The Hall–Kier alpha value is -0.300. The normalized spacial score (nSPS) is 8.71. The Kier molecular flexibility index (Phi) is 5.46. The lowest BCUT2D eigenvalue weighted by molar-refractivity contribution is 0.217. The van der Waals surface area contributed by atoms with Crippen molar-refractivity contribution in [3.63, 3.8) is 0 Å². The van der Waals surface area contributed by atoms with E-state index in [0.717, 1.165) is 12.8 Å². The molecule has 0 bridgehead atoms. The average molecular weight is 98.1 g/mol. The van der Waals surface area contributed by atoms with Gasteiger partial charge < -0.3 is 0 Å². The molecule has 0 saturated heterocycles. The SMILES string of the molecule is C=CCC[CH]C[O]. The van der Waals surface area contributed by atoms with E-state index in [1.165, 1.54) is 0 Å². The van der Waals surface area contributed by atoms with Crippen molar-refractivity contribution in [2.24, 2.45) is 0 Å². The fourth-order valence-electron chi connectivity index (χ4n) is 0.319. The van der Waals surface area contributed by atoms with Gasteiger partial charge in [0.2, 0.25) is 0 Å². The molecule has 0 aliphatic rings. The molecule has 0 aliphatic heterocycles. The first-order chi connectivity index (χ1) is 3.41. The maximum absolute atomic E-state index is 9.71. The largest absolute Gasteiger partial charge is 0.236 e. The zero-order chi connectivity index (χ0) is 5.54. The molecular formula is C6H10O. The Morgan fingerprint density at radius 3 is 2.57 bits per heavy atom. The van der Waals surface area contributed by atoms with Crippen molar-refractivity contribution >= 4 is 0 Å². The van der Waals surface area contributed by atoms with Gasteiger partial charge in [0.1, 0.15) is 0 Å². The van der Waals surface area contributed by atoms with Crippen LogP contribution in [0.2, 0.25) is 0 Å². The van der Waals surface area contributed by atoms with Crippen molar-refractivity contribution in [1.82, 2.24) is 0 Å². The van der Waals surface area contributed by atoms with E-state index in [4.69, 9.17) is 0 Å². The summed E-state index contributed by atoms with van der Waals surface area (Å²) in [6.07, 6.45) is 5.34. The number of allylic oxidation sites excluding steroid dienone is 1. The van der Waals surface area contributed by atoms with E-state index in [0.29, 0.717) is 0 Å². The molecule has 0 N–H and O–H groups in total. The molecule has 0 rings (SSSR count). The molecule has 1 nitrogen and oxygen atoms in total. The number of rotatable bonds is 4. The summed E-state index contributed by atoms with van der Waals surface area (Å²) in [7, 11) is 0. The summed E-state index contributed by atoms with van der Waals surface area (Å²) in [5, 5.41) is 9.71. The predicted molar refractivity (Wildman–Crippen MR) is 29.3 cm³/mol. The molecule has 0 spiro atoms. The van der Waals surface area contributed by atoms with Crippen LogP contribution in [0, 0.1) is 6.42 Å². The van der Waals surface area contributed by atoms with Crippen molar-refractivity contribution in [1.29, 1.82) is 0 Å². The maximum Gasteiger partial charge on any atom is 0.0854 e. The van der Waals surface area contributed by atoms with E-state index in [2.05, 4.69) is 6.58 Å². The van der Waals surface area contributed by atoms with Gasteiger partial charge in [0.25, 0.3) is 0 Å². The second-order valence-electron chi connectivity index (χ2n) is 1.32. The van der Waals surface area contributed by atoms with Gasteiger partial charge in [0.05, 0.1) is 6.61 Å². The van der Waals surface area contributed by atoms with Crippen LogP contribution in [0.5, 0.6) is 0 Å². The molecule has 0 aromatic carbocycles. The summed E-state index contributed by atoms with van der Waals surface area (Å²) in [6, 6.07) is 0. The highest BCUT2D eigenvalue weighted by Gasteiger charge is 1.80. The maximum atomic E-state index is 9.71. The van der Waals surface area contributed by atoms with Gasteiger partial charge in [0.15, 0.2) is 0 Å². The van der Waals surface area contributed by atoms with Gasteiger partial charge in [-0.1, -0.05) is 6.08 Å². The summed E-state index contributed by atoms with van der Waals surface area (Å²) in [5.41, 5.74) is 0. The molecular weight excluding hydrogens is 88.1 g/mol. The number of unbranched alkanes of at least 4 members (excludes halogenated alkanes) is 2. The molecule has 0 aromatic rings. The third-order valence-electron chi connectivity index (χ3n) is 0.693. The van der Waals surface area contributed by atoms with Gasteiger partial charge in [-0.05, 0) is 19.3 Å². The highest BCUT2D eigenvalue weighted by atomic mass is 16.2. The monoisotopic (exact) mass is 98.1 g/mol. The molecule has 0 aliphatic carbocycles. The quantitative estimate of drug-likeness (QED) is 0.376. The number of hydrogen-bond acceptors (Lipinski definition) is 0. The summed E-state index contributed by atoms with van der Waals surface area (Å²) >= 11 is 0. The van der Waals surface area contributed by atoms with Crippen molar-refractivity contribution in [2.45, 2.75) is 12.8 Å². The molecule has 0 saturated carbocycles. The topological polar surface area (TPSA) is 19.9 Å². The zero-order valence-corrected chi connectivity index (χ0v) is 4.39. The molecule has 40 valence electrons. The second-order valence-corrected chi connectivity index (χ2v) is 1.32. The van der Waals surface area contributed by atoms with Gasteiger partial charge >= 0.3 is 0 Å². The lowest BCUT2D eigenvalue weighted by Gasteiger charge is -1.85. The third-order valence-corrected chi connectivity index (χ3v) is 0.693. The zero-order valence-electron chi connectivity index (χ0n) is 4.39. The highest BCUT2D eigenvalue weighted by molar-refractivity contribution is 4.71. The van der Waals surface area contributed by atoms with Crippen LogP contribution in [0.3, 0.4) is 0 Å². The molecule has 2 radical (unpaired) electrons. The standard InChI is InChI=1S/C6H10O/c1-2-3-4-5-6-7/h2,5H,1,3-4,6H2. The van der Waals surface area contributed by atoms with Crippen molar-refractivity contribution < 1.29 is 5.11 Å². The molecule has 1 heteroatoms. The Balaban J connectivity index is 2.56. The Morgan fingerprint density at radius 2 is 2.14 bits per heavy atom. The summed E-state index contributed by atoms with van der Waals surface area (Å²) in [6.45, 7) is 3.45. The van der Waals surface area contributed by atoms with Crippen molar-refractivity contribution in [3.05, 3.63) is 19.1 Å². The molecule has 0 unspecified atom stereocenters. The first kappa shape index (κ1) is 6.70. The van der Waals surface area contributed by atoms with Crippen LogP contribution < -0.4 is 0 Å². The van der Waals surface area contributed by atoms with Crippen LogP contribution in [-0.2, 0) is 5.11 Å². The van der Waals surface area contributed by atoms with E-state index in [-0.39, 0.29) is 6.61 Å². The minimum atomic E-state index is -0.0617. The van der Waals surface area contributed by atoms with Gasteiger partial charge in [0, 0.05) is 0 Å². The lowest BCUT2D eigenvalue weighted by atomic mass is 10.2. The van der Waals surface area contributed by atoms with Gasteiger partial charge in [-0.25, -0.2) is 5.11 Å². The second kappa shape index (κ2) is 5.70. The van der Waals surface area contributed by atoms with Crippen molar-refractivity contribution in [2.75, 3.05) is 6.61 Å². The molecule has 0 aromatic heterocycles. The predicted octanol–water partition coefficient (Wildman–Crippen LogP) is 1.59. The first-order valence-corrected chi connectivity index (χ1v) is 2.42. The van der Waals surface area contributed by atoms with Gasteiger partial charge in [-0.3, -0.25) is 0 Å². The lowest BCUT2D eigenvalue weighted by Crippen LogP contribution is -1.78. The molecule has 0 heterocycles. The fraction of sp³-hybridized carbons (Fsp3) is 0.500. The molecule has 7 heavy (non-hydrogen) atoms. The number of hydrogen-bond donors (Lipinski definition) is 0. The molecule has 0 atom stereocenters. The van der Waals surface area contributed by atoms with Crippen LogP contribution in [0.25, 0.3) is 0 Å². The van der Waals surface area contributed by atoms with E-state index < -0.39 is 0 Å². The first-order valence-electron chi connectivity index (χ1n) is 2.42. The van der Waals surface area contributed by atoms with Crippen LogP contribution >= 0.6 is 0 Å². The molecule has 0 amide bonds. The Morgan fingerprint density at radius 1 is 1.43 bits per heavy atom. The van der Waals surface area contributed by atoms with Crippen LogP contribution in [0.1, 0.15) is 12.8 Å². The fourth-order valence-corrected chi connectivity index (χ4v) is 0.319.